The molecule has 4 nitrogen and oxygen atoms in total. The molecule has 2 rings (SSSR count). The SMILES string of the molecule is CCNC(=NCc1sc(C)nc1C)NCCc1ccc(I)s1.I. The molecule has 0 saturated carbocycles. The van der Waals surface area contributed by atoms with E-state index in [1.807, 2.05) is 25.2 Å². The molecule has 0 amide bonds. The number of halogens is 2. The van der Waals surface area contributed by atoms with Gasteiger partial charge in [-0.2, -0.15) is 0 Å². The summed E-state index contributed by atoms with van der Waals surface area (Å²) < 4.78 is 1.34. The topological polar surface area (TPSA) is 49.3 Å². The molecule has 2 aromatic heterocycles. The molecule has 2 N–H and O–H groups in total. The van der Waals surface area contributed by atoms with Crippen molar-refractivity contribution in [3.63, 3.8) is 0 Å². The third-order valence-electron chi connectivity index (χ3n) is 3.02. The Balaban J connectivity index is 0.00000264. The van der Waals surface area contributed by atoms with Crippen molar-refractivity contribution in [1.82, 2.24) is 15.6 Å². The molecule has 0 spiro atoms. The minimum Gasteiger partial charge on any atom is -0.357 e. The summed E-state index contributed by atoms with van der Waals surface area (Å²) in [5.41, 5.74) is 1.09. The van der Waals surface area contributed by atoms with Gasteiger partial charge in [-0.1, -0.05) is 0 Å². The number of rotatable bonds is 6. The summed E-state index contributed by atoms with van der Waals surface area (Å²) in [5, 5.41) is 7.80. The van der Waals surface area contributed by atoms with Crippen LogP contribution in [-0.2, 0) is 13.0 Å². The van der Waals surface area contributed by atoms with Crippen molar-refractivity contribution in [2.75, 3.05) is 13.1 Å². The summed E-state index contributed by atoms with van der Waals surface area (Å²) in [6.07, 6.45) is 1.02. The van der Waals surface area contributed by atoms with Gasteiger partial charge in [0.1, 0.15) is 0 Å². The maximum atomic E-state index is 4.66. The number of hydrogen-bond donors (Lipinski definition) is 2. The molecule has 0 aromatic carbocycles. The van der Waals surface area contributed by atoms with Gasteiger partial charge in [-0.05, 0) is 61.9 Å². The fourth-order valence-corrected chi connectivity index (χ4v) is 4.62. The van der Waals surface area contributed by atoms with Crippen molar-refractivity contribution in [2.24, 2.45) is 4.99 Å². The van der Waals surface area contributed by atoms with Crippen LogP contribution in [0.1, 0.15) is 27.4 Å². The van der Waals surface area contributed by atoms with Crippen molar-refractivity contribution in [2.45, 2.75) is 33.7 Å². The number of aryl methyl sites for hydroxylation is 2. The highest BCUT2D eigenvalue weighted by molar-refractivity contribution is 14.1. The number of nitrogens with zero attached hydrogens (tertiary/aromatic N) is 2. The predicted molar refractivity (Wildman–Crippen MR) is 121 cm³/mol. The average molecular weight is 576 g/mol. The Kier molecular flexibility index (Phi) is 9.94. The normalized spacial score (nSPS) is 11.2. The van der Waals surface area contributed by atoms with Crippen LogP contribution < -0.4 is 10.6 Å². The van der Waals surface area contributed by atoms with Gasteiger partial charge in [0.15, 0.2) is 5.96 Å². The monoisotopic (exact) mass is 576 g/mol. The molecular weight excluding hydrogens is 554 g/mol. The first-order valence-electron chi connectivity index (χ1n) is 7.27. The minimum atomic E-state index is 0. The minimum absolute atomic E-state index is 0. The van der Waals surface area contributed by atoms with Gasteiger partial charge in [0.05, 0.1) is 20.1 Å². The number of aliphatic imine (C=N–C) groups is 1. The standard InChI is InChI=1S/C15H21IN4S2.HI/c1-4-17-15(18-8-7-12-5-6-14(16)22-12)19-9-13-10(2)20-11(3)21-13;/h5-6H,4,7-9H2,1-3H3,(H2,17,18,19);1H. The number of guanidine groups is 1. The van der Waals surface area contributed by atoms with Crippen LogP contribution in [0.3, 0.4) is 0 Å². The lowest BCUT2D eigenvalue weighted by atomic mass is 10.3. The van der Waals surface area contributed by atoms with E-state index in [2.05, 4.69) is 62.3 Å². The Bertz CT molecular complexity index is 637. The number of thiophene rings is 1. The summed E-state index contributed by atoms with van der Waals surface area (Å²) in [4.78, 5) is 11.8. The Morgan fingerprint density at radius 2 is 2.04 bits per heavy atom. The second-order valence-corrected chi connectivity index (χ2v) is 9.17. The van der Waals surface area contributed by atoms with Crippen LogP contribution in [0.5, 0.6) is 0 Å². The van der Waals surface area contributed by atoms with Gasteiger partial charge in [0.2, 0.25) is 0 Å². The lowest BCUT2D eigenvalue weighted by Crippen LogP contribution is -2.38. The number of aromatic nitrogens is 1. The van der Waals surface area contributed by atoms with Crippen LogP contribution in [0.25, 0.3) is 0 Å². The van der Waals surface area contributed by atoms with Gasteiger partial charge in [-0.15, -0.1) is 46.7 Å². The van der Waals surface area contributed by atoms with Gasteiger partial charge in [0.25, 0.3) is 0 Å². The maximum Gasteiger partial charge on any atom is 0.191 e. The van der Waals surface area contributed by atoms with Gasteiger partial charge >= 0.3 is 0 Å². The predicted octanol–water partition coefficient (Wildman–Crippen LogP) is 4.34. The highest BCUT2D eigenvalue weighted by atomic mass is 127. The smallest absolute Gasteiger partial charge is 0.191 e. The van der Waals surface area contributed by atoms with Gasteiger partial charge in [-0.25, -0.2) is 9.98 Å². The Labute approximate surface area is 176 Å². The number of hydrogen-bond acceptors (Lipinski definition) is 4. The summed E-state index contributed by atoms with van der Waals surface area (Å²) in [7, 11) is 0. The second kappa shape index (κ2) is 10.8. The molecule has 2 aromatic rings. The first kappa shape index (κ1) is 21.1. The van der Waals surface area contributed by atoms with Gasteiger partial charge < -0.3 is 10.6 Å². The number of thiazole rings is 1. The van der Waals surface area contributed by atoms with Crippen molar-refractivity contribution in [1.29, 1.82) is 0 Å². The molecule has 128 valence electrons. The van der Waals surface area contributed by atoms with Gasteiger partial charge in [-0.3, -0.25) is 0 Å². The molecule has 0 saturated heterocycles. The van der Waals surface area contributed by atoms with Crippen LogP contribution in [0.2, 0.25) is 0 Å². The Hall–Kier alpha value is 0.0600. The third kappa shape index (κ3) is 7.22. The quantitative estimate of drug-likeness (QED) is 0.306. The summed E-state index contributed by atoms with van der Waals surface area (Å²) in [6.45, 7) is 8.61. The molecule has 0 atom stereocenters. The maximum absolute atomic E-state index is 4.66. The van der Waals surface area contributed by atoms with E-state index in [1.54, 1.807) is 11.3 Å². The average Bonchev–Trinajstić information content (AvgIpc) is 3.01. The van der Waals surface area contributed by atoms with E-state index in [1.165, 1.54) is 12.6 Å². The fraction of sp³-hybridized carbons (Fsp3) is 0.467. The second-order valence-electron chi connectivity index (χ2n) is 4.82. The van der Waals surface area contributed by atoms with E-state index in [-0.39, 0.29) is 24.0 Å². The zero-order chi connectivity index (χ0) is 15.9. The van der Waals surface area contributed by atoms with Crippen LogP contribution in [-0.4, -0.2) is 24.0 Å². The summed E-state index contributed by atoms with van der Waals surface area (Å²) in [6, 6.07) is 4.36. The van der Waals surface area contributed by atoms with Crippen LogP contribution >= 0.6 is 69.2 Å². The molecule has 0 unspecified atom stereocenters. The van der Waals surface area contributed by atoms with E-state index in [4.69, 9.17) is 0 Å². The van der Waals surface area contributed by atoms with Crippen LogP contribution in [0, 0.1) is 16.7 Å². The fourth-order valence-electron chi connectivity index (χ4n) is 2.00. The molecule has 0 aliphatic carbocycles. The lowest BCUT2D eigenvalue weighted by Gasteiger charge is -2.10. The molecule has 23 heavy (non-hydrogen) atoms. The van der Waals surface area contributed by atoms with Gasteiger partial charge in [0, 0.05) is 22.8 Å². The third-order valence-corrected chi connectivity index (χ3v) is 6.03. The molecule has 8 heteroatoms. The van der Waals surface area contributed by atoms with Crippen LogP contribution in [0.15, 0.2) is 17.1 Å². The molecule has 0 bridgehead atoms. The van der Waals surface area contributed by atoms with E-state index in [0.29, 0.717) is 6.54 Å². The molecule has 2 heterocycles. The van der Waals surface area contributed by atoms with Crippen molar-refractivity contribution < 1.29 is 0 Å². The van der Waals surface area contributed by atoms with Crippen molar-refractivity contribution in [3.8, 4) is 0 Å². The molecular formula is C15H22I2N4S2. The van der Waals surface area contributed by atoms with E-state index >= 15 is 0 Å². The van der Waals surface area contributed by atoms with Crippen LogP contribution in [0.4, 0.5) is 0 Å². The number of nitrogens with one attached hydrogen (secondary N) is 2. The zero-order valence-corrected chi connectivity index (χ0v) is 19.6. The lowest BCUT2D eigenvalue weighted by molar-refractivity contribution is 0.805. The Morgan fingerprint density at radius 1 is 1.26 bits per heavy atom. The highest BCUT2D eigenvalue weighted by Gasteiger charge is 2.05. The Morgan fingerprint density at radius 3 is 2.61 bits per heavy atom. The summed E-state index contributed by atoms with van der Waals surface area (Å²) in [5.74, 6) is 0.874. The van der Waals surface area contributed by atoms with E-state index in [0.717, 1.165) is 36.2 Å². The largest absolute Gasteiger partial charge is 0.357 e. The molecule has 0 aliphatic heterocycles. The summed E-state index contributed by atoms with van der Waals surface area (Å²) >= 11 is 5.93. The highest BCUT2D eigenvalue weighted by Crippen LogP contribution is 2.19. The zero-order valence-electron chi connectivity index (χ0n) is 13.5. The first-order valence-corrected chi connectivity index (χ1v) is 9.99. The molecule has 0 aliphatic rings. The van der Waals surface area contributed by atoms with Crippen molar-refractivity contribution in [3.05, 3.63) is 35.5 Å². The van der Waals surface area contributed by atoms with E-state index in [9.17, 15) is 0 Å². The first-order chi connectivity index (χ1) is 10.6. The van der Waals surface area contributed by atoms with E-state index < -0.39 is 0 Å². The molecule has 0 radical (unpaired) electrons. The van der Waals surface area contributed by atoms with Crippen molar-refractivity contribution >= 4 is 75.2 Å². The molecule has 0 fully saturated rings.